The second-order valence-electron chi connectivity index (χ2n) is 4.42. The Balaban J connectivity index is 2.30. The predicted molar refractivity (Wildman–Crippen MR) is 76.2 cm³/mol. The molecule has 0 aliphatic rings. The number of nitrogens with one attached hydrogen (secondary N) is 1. The summed E-state index contributed by atoms with van der Waals surface area (Å²) in [6.07, 6.45) is 0.581. The first kappa shape index (κ1) is 14.7. The molecule has 2 aromatic rings. The number of hydrogen-bond acceptors (Lipinski definition) is 2. The molecule has 0 radical (unpaired) electrons. The monoisotopic (exact) mass is 293 g/mol. The lowest BCUT2D eigenvalue weighted by molar-refractivity contribution is 0.535. The van der Waals surface area contributed by atoms with Crippen LogP contribution in [-0.4, -0.2) is 8.42 Å². The first-order valence-corrected chi connectivity index (χ1v) is 7.84. The van der Waals surface area contributed by atoms with Crippen molar-refractivity contribution in [2.45, 2.75) is 24.3 Å². The normalized spacial score (nSPS) is 13.1. The molecule has 1 N–H and O–H groups in total. The Bertz CT molecular complexity index is 671. The van der Waals surface area contributed by atoms with Crippen molar-refractivity contribution in [2.75, 3.05) is 0 Å². The molecule has 3 nitrogen and oxygen atoms in total. The molecule has 1 unspecified atom stereocenters. The number of rotatable bonds is 5. The highest BCUT2D eigenvalue weighted by Crippen LogP contribution is 2.21. The van der Waals surface area contributed by atoms with Crippen LogP contribution >= 0.6 is 0 Å². The van der Waals surface area contributed by atoms with Crippen LogP contribution in [0.25, 0.3) is 0 Å². The van der Waals surface area contributed by atoms with Crippen LogP contribution in [0.2, 0.25) is 0 Å². The minimum absolute atomic E-state index is 0.325. The van der Waals surface area contributed by atoms with Crippen LogP contribution in [0.15, 0.2) is 59.5 Å². The van der Waals surface area contributed by atoms with Crippen molar-refractivity contribution < 1.29 is 12.8 Å². The lowest BCUT2D eigenvalue weighted by Gasteiger charge is -2.17. The van der Waals surface area contributed by atoms with E-state index in [-0.39, 0.29) is 10.9 Å². The highest BCUT2D eigenvalue weighted by molar-refractivity contribution is 7.89. The van der Waals surface area contributed by atoms with Gasteiger partial charge in [0.25, 0.3) is 0 Å². The fourth-order valence-corrected chi connectivity index (χ4v) is 3.37. The fraction of sp³-hybridized carbons (Fsp3) is 0.200. The van der Waals surface area contributed by atoms with E-state index in [1.54, 1.807) is 0 Å². The van der Waals surface area contributed by atoms with E-state index in [0.29, 0.717) is 6.42 Å². The van der Waals surface area contributed by atoms with E-state index in [2.05, 4.69) is 4.72 Å². The van der Waals surface area contributed by atoms with E-state index in [1.165, 1.54) is 18.2 Å². The van der Waals surface area contributed by atoms with Crippen molar-refractivity contribution in [3.8, 4) is 0 Å². The molecule has 5 heteroatoms. The lowest BCUT2D eigenvalue weighted by atomic mass is 10.1. The maximum Gasteiger partial charge on any atom is 0.244 e. The van der Waals surface area contributed by atoms with E-state index in [9.17, 15) is 12.8 Å². The highest BCUT2D eigenvalue weighted by atomic mass is 32.2. The molecule has 0 amide bonds. The number of halogens is 1. The molecule has 0 saturated carbocycles. The standard InChI is InChI=1S/C15H16FNO2S/c1-2-14(12-8-4-3-5-9-12)17-20(18,19)15-11-7-6-10-13(15)16/h3-11,14,17H,2H2,1H3. The summed E-state index contributed by atoms with van der Waals surface area (Å²) in [5.41, 5.74) is 0.856. The molecule has 2 aromatic carbocycles. The molecule has 0 aliphatic carbocycles. The van der Waals surface area contributed by atoms with Crippen molar-refractivity contribution in [2.24, 2.45) is 0 Å². The number of benzene rings is 2. The Morgan fingerprint density at radius 3 is 2.25 bits per heavy atom. The van der Waals surface area contributed by atoms with Gasteiger partial charge >= 0.3 is 0 Å². The summed E-state index contributed by atoms with van der Waals surface area (Å²) in [7, 11) is -3.88. The molecular weight excluding hydrogens is 277 g/mol. The average molecular weight is 293 g/mol. The van der Waals surface area contributed by atoms with Gasteiger partial charge in [0.05, 0.1) is 0 Å². The summed E-state index contributed by atoms with van der Waals surface area (Å²) >= 11 is 0. The van der Waals surface area contributed by atoms with E-state index in [1.807, 2.05) is 37.3 Å². The first-order chi connectivity index (χ1) is 9.54. The van der Waals surface area contributed by atoms with Gasteiger partial charge in [0.1, 0.15) is 10.7 Å². The molecule has 0 aromatic heterocycles. The molecule has 0 fully saturated rings. The van der Waals surface area contributed by atoms with Crippen molar-refractivity contribution in [3.63, 3.8) is 0 Å². The summed E-state index contributed by atoms with van der Waals surface area (Å²) in [4.78, 5) is -0.325. The second kappa shape index (κ2) is 6.15. The van der Waals surface area contributed by atoms with Crippen LogP contribution in [0.5, 0.6) is 0 Å². The Kier molecular flexibility index (Phi) is 4.52. The van der Waals surface area contributed by atoms with Crippen LogP contribution in [0.3, 0.4) is 0 Å². The maximum atomic E-state index is 13.6. The Labute approximate surface area is 118 Å². The molecule has 1 atom stereocenters. The van der Waals surface area contributed by atoms with Gasteiger partial charge in [-0.15, -0.1) is 0 Å². The lowest BCUT2D eigenvalue weighted by Crippen LogP contribution is -2.29. The summed E-state index contributed by atoms with van der Waals surface area (Å²) in [6.45, 7) is 1.88. The van der Waals surface area contributed by atoms with Crippen LogP contribution in [-0.2, 0) is 10.0 Å². The smallest absolute Gasteiger partial charge is 0.207 e. The Morgan fingerprint density at radius 1 is 1.05 bits per heavy atom. The van der Waals surface area contributed by atoms with Gasteiger partial charge in [-0.2, -0.15) is 0 Å². The van der Waals surface area contributed by atoms with Crippen LogP contribution in [0, 0.1) is 5.82 Å². The number of sulfonamides is 1. The molecule has 0 aliphatic heterocycles. The third kappa shape index (κ3) is 3.23. The van der Waals surface area contributed by atoms with Crippen LogP contribution < -0.4 is 4.72 Å². The summed E-state index contributed by atoms with van der Waals surface area (Å²) in [6, 6.07) is 14.2. The third-order valence-electron chi connectivity index (χ3n) is 3.03. The van der Waals surface area contributed by atoms with E-state index in [4.69, 9.17) is 0 Å². The van der Waals surface area contributed by atoms with Gasteiger partial charge in [0.15, 0.2) is 0 Å². The first-order valence-electron chi connectivity index (χ1n) is 6.36. The quantitative estimate of drug-likeness (QED) is 0.919. The second-order valence-corrected chi connectivity index (χ2v) is 6.11. The minimum atomic E-state index is -3.88. The Morgan fingerprint density at radius 2 is 1.65 bits per heavy atom. The van der Waals surface area contributed by atoms with Crippen molar-refractivity contribution in [3.05, 3.63) is 66.0 Å². The van der Waals surface area contributed by atoms with Crippen LogP contribution in [0.4, 0.5) is 4.39 Å². The van der Waals surface area contributed by atoms with Gasteiger partial charge in [-0.25, -0.2) is 17.5 Å². The van der Waals surface area contributed by atoms with Gasteiger partial charge in [0, 0.05) is 6.04 Å². The fourth-order valence-electron chi connectivity index (χ4n) is 1.99. The molecule has 20 heavy (non-hydrogen) atoms. The predicted octanol–water partition coefficient (Wildman–Crippen LogP) is 3.26. The zero-order chi connectivity index (χ0) is 14.6. The van der Waals surface area contributed by atoms with E-state index in [0.717, 1.165) is 11.6 Å². The van der Waals surface area contributed by atoms with Crippen LogP contribution in [0.1, 0.15) is 24.9 Å². The Hall–Kier alpha value is -1.72. The summed E-state index contributed by atoms with van der Waals surface area (Å²) in [5, 5.41) is 0. The van der Waals surface area contributed by atoms with Gasteiger partial charge in [-0.1, -0.05) is 49.4 Å². The van der Waals surface area contributed by atoms with Gasteiger partial charge in [-0.05, 0) is 24.1 Å². The van der Waals surface area contributed by atoms with Crippen molar-refractivity contribution >= 4 is 10.0 Å². The van der Waals surface area contributed by atoms with E-state index < -0.39 is 15.8 Å². The minimum Gasteiger partial charge on any atom is -0.207 e. The average Bonchev–Trinajstić information content (AvgIpc) is 2.46. The molecule has 2 rings (SSSR count). The van der Waals surface area contributed by atoms with E-state index >= 15 is 0 Å². The van der Waals surface area contributed by atoms with Crippen molar-refractivity contribution in [1.82, 2.24) is 4.72 Å². The maximum absolute atomic E-state index is 13.6. The summed E-state index contributed by atoms with van der Waals surface area (Å²) in [5.74, 6) is -0.747. The molecule has 0 spiro atoms. The summed E-state index contributed by atoms with van der Waals surface area (Å²) < 4.78 is 40.7. The van der Waals surface area contributed by atoms with Gasteiger partial charge in [0.2, 0.25) is 10.0 Å². The van der Waals surface area contributed by atoms with Gasteiger partial charge in [-0.3, -0.25) is 0 Å². The molecular formula is C15H16FNO2S. The van der Waals surface area contributed by atoms with Gasteiger partial charge < -0.3 is 0 Å². The zero-order valence-corrected chi connectivity index (χ0v) is 11.9. The topological polar surface area (TPSA) is 46.2 Å². The third-order valence-corrected chi connectivity index (χ3v) is 4.54. The highest BCUT2D eigenvalue weighted by Gasteiger charge is 2.22. The molecule has 106 valence electrons. The molecule has 0 bridgehead atoms. The number of hydrogen-bond donors (Lipinski definition) is 1. The molecule has 0 saturated heterocycles. The zero-order valence-electron chi connectivity index (χ0n) is 11.1. The molecule has 0 heterocycles. The SMILES string of the molecule is CCC(NS(=O)(=O)c1ccccc1F)c1ccccc1. The van der Waals surface area contributed by atoms with Crippen molar-refractivity contribution in [1.29, 1.82) is 0 Å². The largest absolute Gasteiger partial charge is 0.244 e.